The van der Waals surface area contributed by atoms with Crippen molar-refractivity contribution in [1.29, 1.82) is 0 Å². The quantitative estimate of drug-likeness (QED) is 0.753. The van der Waals surface area contributed by atoms with E-state index < -0.39 is 0 Å². The summed E-state index contributed by atoms with van der Waals surface area (Å²) in [4.78, 5) is 0. The number of rotatable bonds is 7. The van der Waals surface area contributed by atoms with Crippen molar-refractivity contribution in [3.63, 3.8) is 0 Å². The van der Waals surface area contributed by atoms with Crippen LogP contribution in [-0.4, -0.2) is 19.7 Å². The Morgan fingerprint density at radius 2 is 1.89 bits per heavy atom. The van der Waals surface area contributed by atoms with E-state index in [1.165, 1.54) is 11.1 Å². The molecule has 108 valence electrons. The van der Waals surface area contributed by atoms with Crippen LogP contribution < -0.4 is 10.1 Å². The van der Waals surface area contributed by atoms with Crippen LogP contribution in [0.4, 0.5) is 0 Å². The molecule has 0 aromatic heterocycles. The van der Waals surface area contributed by atoms with Crippen LogP contribution in [0.3, 0.4) is 0 Å². The molecular weight excluding hydrogens is 234 g/mol. The van der Waals surface area contributed by atoms with Crippen molar-refractivity contribution in [2.45, 2.75) is 52.9 Å². The number of nitrogens with one attached hydrogen (secondary N) is 1. The zero-order valence-corrected chi connectivity index (χ0v) is 13.2. The second kappa shape index (κ2) is 7.54. The minimum absolute atomic E-state index is 0.127. The third-order valence-corrected chi connectivity index (χ3v) is 3.27. The van der Waals surface area contributed by atoms with Crippen molar-refractivity contribution in [3.8, 4) is 5.75 Å². The van der Waals surface area contributed by atoms with E-state index in [1.807, 2.05) is 0 Å². The number of hydrogen-bond acceptors (Lipinski definition) is 2. The fraction of sp³-hybridized carbons (Fsp3) is 0.647. The van der Waals surface area contributed by atoms with Gasteiger partial charge in [-0.15, -0.1) is 0 Å². The fourth-order valence-corrected chi connectivity index (χ4v) is 2.07. The molecule has 0 amide bonds. The molecule has 0 saturated heterocycles. The number of hydrogen-bond donors (Lipinski definition) is 1. The van der Waals surface area contributed by atoms with E-state index in [4.69, 9.17) is 4.74 Å². The molecule has 0 unspecified atom stereocenters. The summed E-state index contributed by atoms with van der Waals surface area (Å²) in [7, 11) is 0. The van der Waals surface area contributed by atoms with Crippen LogP contribution in [0.25, 0.3) is 0 Å². The molecule has 1 aromatic rings. The van der Waals surface area contributed by atoms with Gasteiger partial charge < -0.3 is 10.1 Å². The predicted octanol–water partition coefficient (Wildman–Crippen LogP) is 3.92. The number of benzene rings is 1. The van der Waals surface area contributed by atoms with Crippen molar-refractivity contribution < 1.29 is 4.74 Å². The molecule has 1 rings (SSSR count). The van der Waals surface area contributed by atoms with Gasteiger partial charge in [-0.1, -0.05) is 46.8 Å². The van der Waals surface area contributed by atoms with E-state index >= 15 is 0 Å². The highest BCUT2D eigenvalue weighted by Gasteiger charge is 2.19. The molecule has 0 spiro atoms. The first-order valence-electron chi connectivity index (χ1n) is 7.46. The molecule has 0 atom stereocenters. The van der Waals surface area contributed by atoms with Gasteiger partial charge in [0.05, 0.1) is 6.61 Å². The molecule has 2 heteroatoms. The lowest BCUT2D eigenvalue weighted by atomic mass is 9.85. The Hall–Kier alpha value is -1.02. The van der Waals surface area contributed by atoms with Crippen LogP contribution in [0.1, 0.15) is 52.2 Å². The molecule has 1 N–H and O–H groups in total. The highest BCUT2D eigenvalue weighted by molar-refractivity contribution is 5.41. The van der Waals surface area contributed by atoms with Gasteiger partial charge in [-0.25, -0.2) is 0 Å². The standard InChI is InChI=1S/C17H29NO/c1-6-14-9-10-16(15(13-14)17(3,4)5)19-12-8-11-18-7-2/h9-10,13,18H,6-8,11-12H2,1-5H3. The summed E-state index contributed by atoms with van der Waals surface area (Å²) >= 11 is 0. The summed E-state index contributed by atoms with van der Waals surface area (Å²) in [6.45, 7) is 13.9. The number of ether oxygens (including phenoxy) is 1. The third-order valence-electron chi connectivity index (χ3n) is 3.27. The lowest BCUT2D eigenvalue weighted by molar-refractivity contribution is 0.300. The average Bonchev–Trinajstić information content (AvgIpc) is 2.37. The predicted molar refractivity (Wildman–Crippen MR) is 83.2 cm³/mol. The summed E-state index contributed by atoms with van der Waals surface area (Å²) in [5.41, 5.74) is 2.82. The zero-order chi connectivity index (χ0) is 14.3. The lowest BCUT2D eigenvalue weighted by Crippen LogP contribution is -2.18. The van der Waals surface area contributed by atoms with Gasteiger partial charge in [0.25, 0.3) is 0 Å². The molecule has 2 nitrogen and oxygen atoms in total. The molecule has 0 aliphatic heterocycles. The Kier molecular flexibility index (Phi) is 6.36. The Morgan fingerprint density at radius 1 is 1.16 bits per heavy atom. The van der Waals surface area contributed by atoms with Crippen LogP contribution in [0, 0.1) is 0 Å². The van der Waals surface area contributed by atoms with E-state index in [-0.39, 0.29) is 5.41 Å². The van der Waals surface area contributed by atoms with E-state index in [0.717, 1.165) is 38.3 Å². The van der Waals surface area contributed by atoms with Crippen molar-refractivity contribution in [2.75, 3.05) is 19.7 Å². The van der Waals surface area contributed by atoms with Crippen molar-refractivity contribution in [2.24, 2.45) is 0 Å². The Bertz CT molecular complexity index is 379. The van der Waals surface area contributed by atoms with E-state index in [1.54, 1.807) is 0 Å². The summed E-state index contributed by atoms with van der Waals surface area (Å²) in [5.74, 6) is 1.04. The topological polar surface area (TPSA) is 21.3 Å². The summed E-state index contributed by atoms with van der Waals surface area (Å²) < 4.78 is 5.97. The van der Waals surface area contributed by atoms with Gasteiger partial charge in [0.1, 0.15) is 5.75 Å². The van der Waals surface area contributed by atoms with Crippen molar-refractivity contribution in [1.82, 2.24) is 5.32 Å². The molecular formula is C17H29NO. The highest BCUT2D eigenvalue weighted by atomic mass is 16.5. The van der Waals surface area contributed by atoms with Gasteiger partial charge >= 0.3 is 0 Å². The molecule has 0 radical (unpaired) electrons. The number of aryl methyl sites for hydroxylation is 1. The zero-order valence-electron chi connectivity index (χ0n) is 13.2. The van der Waals surface area contributed by atoms with Gasteiger partial charge in [-0.05, 0) is 48.5 Å². The van der Waals surface area contributed by atoms with Crippen LogP contribution in [0.15, 0.2) is 18.2 Å². The minimum Gasteiger partial charge on any atom is -0.493 e. The van der Waals surface area contributed by atoms with Crippen LogP contribution in [-0.2, 0) is 11.8 Å². The molecule has 0 bridgehead atoms. The Morgan fingerprint density at radius 3 is 2.47 bits per heavy atom. The van der Waals surface area contributed by atoms with Crippen LogP contribution in [0.2, 0.25) is 0 Å². The summed E-state index contributed by atoms with van der Waals surface area (Å²) in [6, 6.07) is 6.60. The normalized spacial score (nSPS) is 11.6. The van der Waals surface area contributed by atoms with Gasteiger partial charge in [0.15, 0.2) is 0 Å². The summed E-state index contributed by atoms with van der Waals surface area (Å²) in [6.07, 6.45) is 2.12. The molecule has 1 aromatic carbocycles. The summed E-state index contributed by atoms with van der Waals surface area (Å²) in [5, 5.41) is 3.32. The maximum Gasteiger partial charge on any atom is 0.123 e. The van der Waals surface area contributed by atoms with Gasteiger partial charge in [-0.3, -0.25) is 0 Å². The molecule has 0 aliphatic rings. The van der Waals surface area contributed by atoms with Gasteiger partial charge in [-0.2, -0.15) is 0 Å². The van der Waals surface area contributed by atoms with Crippen molar-refractivity contribution >= 4 is 0 Å². The first-order valence-corrected chi connectivity index (χ1v) is 7.46. The average molecular weight is 263 g/mol. The monoisotopic (exact) mass is 263 g/mol. The fourth-order valence-electron chi connectivity index (χ4n) is 2.07. The minimum atomic E-state index is 0.127. The van der Waals surface area contributed by atoms with Crippen LogP contribution >= 0.6 is 0 Å². The molecule has 0 heterocycles. The third kappa shape index (κ3) is 5.23. The Labute approximate surface area is 118 Å². The smallest absolute Gasteiger partial charge is 0.123 e. The largest absolute Gasteiger partial charge is 0.493 e. The SMILES string of the molecule is CCNCCCOc1ccc(CC)cc1C(C)(C)C. The van der Waals surface area contributed by atoms with E-state index in [9.17, 15) is 0 Å². The second-order valence-corrected chi connectivity index (χ2v) is 5.99. The van der Waals surface area contributed by atoms with Crippen molar-refractivity contribution in [3.05, 3.63) is 29.3 Å². The molecule has 0 aliphatic carbocycles. The Balaban J connectivity index is 2.71. The second-order valence-electron chi connectivity index (χ2n) is 5.99. The maximum atomic E-state index is 5.97. The molecule has 19 heavy (non-hydrogen) atoms. The van der Waals surface area contributed by atoms with Crippen LogP contribution in [0.5, 0.6) is 5.75 Å². The van der Waals surface area contributed by atoms with E-state index in [2.05, 4.69) is 58.1 Å². The molecule has 0 fully saturated rings. The van der Waals surface area contributed by atoms with Gasteiger partial charge in [0, 0.05) is 0 Å². The lowest BCUT2D eigenvalue weighted by Gasteiger charge is -2.23. The van der Waals surface area contributed by atoms with Gasteiger partial charge in [0.2, 0.25) is 0 Å². The highest BCUT2D eigenvalue weighted by Crippen LogP contribution is 2.32. The maximum absolute atomic E-state index is 5.97. The first kappa shape index (κ1) is 16.0. The van der Waals surface area contributed by atoms with E-state index in [0.29, 0.717) is 0 Å². The molecule has 0 saturated carbocycles. The first-order chi connectivity index (χ1) is 8.99.